The van der Waals surface area contributed by atoms with E-state index in [9.17, 15) is 5.11 Å². The number of allylic oxidation sites excluding steroid dienone is 1. The van der Waals surface area contributed by atoms with Crippen LogP contribution in [-0.4, -0.2) is 5.11 Å². The first-order chi connectivity index (χ1) is 9.88. The average Bonchev–Trinajstić information content (AvgIpc) is 2.53. The summed E-state index contributed by atoms with van der Waals surface area (Å²) in [4.78, 5) is 0. The molecule has 1 N–H and O–H groups in total. The van der Waals surface area contributed by atoms with Crippen LogP contribution < -0.4 is 0 Å². The van der Waals surface area contributed by atoms with Crippen molar-refractivity contribution in [1.82, 2.24) is 0 Å². The molecule has 1 aliphatic carbocycles. The minimum Gasteiger partial charge on any atom is -0.392 e. The van der Waals surface area contributed by atoms with Gasteiger partial charge in [-0.2, -0.15) is 0 Å². The lowest BCUT2D eigenvalue weighted by molar-refractivity contribution is 0.283. The predicted molar refractivity (Wildman–Crippen MR) is 84.7 cm³/mol. The van der Waals surface area contributed by atoms with Crippen molar-refractivity contribution < 1.29 is 5.11 Å². The lowest BCUT2D eigenvalue weighted by atomic mass is 9.87. The van der Waals surface area contributed by atoms with E-state index in [4.69, 9.17) is 0 Å². The van der Waals surface area contributed by atoms with Crippen LogP contribution in [0, 0.1) is 0 Å². The van der Waals surface area contributed by atoms with E-state index in [1.165, 1.54) is 32.7 Å². The van der Waals surface area contributed by atoms with Crippen LogP contribution in [0.4, 0.5) is 0 Å². The van der Waals surface area contributed by atoms with Gasteiger partial charge in [-0.15, -0.1) is 0 Å². The Morgan fingerprint density at radius 1 is 1.00 bits per heavy atom. The molecule has 0 spiro atoms. The topological polar surface area (TPSA) is 20.2 Å². The summed E-state index contributed by atoms with van der Waals surface area (Å²) in [5.74, 6) is 0. The number of aliphatic hydroxyl groups excluding tert-OH is 1. The van der Waals surface area contributed by atoms with Crippen LogP contribution in [-0.2, 0) is 13.0 Å². The first-order valence-corrected chi connectivity index (χ1v) is 7.12. The van der Waals surface area contributed by atoms with Gasteiger partial charge in [0.2, 0.25) is 0 Å². The maximum Gasteiger partial charge on any atom is 0.0688 e. The molecule has 0 saturated heterocycles. The SMILES string of the molecule is OCc1cc2ccccc2c2ccc3c(c12)CCC=C3. The van der Waals surface area contributed by atoms with Crippen molar-refractivity contribution in [2.24, 2.45) is 0 Å². The molecule has 0 aliphatic heterocycles. The summed E-state index contributed by atoms with van der Waals surface area (Å²) in [6, 6.07) is 15.0. The first kappa shape index (κ1) is 11.7. The molecule has 0 aromatic heterocycles. The Hall–Kier alpha value is -2.12. The molecule has 3 aromatic rings. The minimum absolute atomic E-state index is 0.0987. The van der Waals surface area contributed by atoms with E-state index < -0.39 is 0 Å². The third kappa shape index (κ3) is 1.60. The van der Waals surface area contributed by atoms with Gasteiger partial charge in [0.1, 0.15) is 0 Å². The van der Waals surface area contributed by atoms with Crippen molar-refractivity contribution >= 4 is 27.6 Å². The standard InChI is InChI=1S/C19H16O/c20-12-15-11-14-6-2-3-7-16(14)18-10-9-13-5-1-4-8-17(13)19(15)18/h1-3,5-7,9-11,20H,4,8,12H2. The number of aryl methyl sites for hydroxylation is 1. The van der Waals surface area contributed by atoms with Gasteiger partial charge in [-0.3, -0.25) is 0 Å². The van der Waals surface area contributed by atoms with Gasteiger partial charge in [-0.25, -0.2) is 0 Å². The highest BCUT2D eigenvalue weighted by Crippen LogP contribution is 2.35. The molecule has 0 atom stereocenters. The molecule has 0 amide bonds. The van der Waals surface area contributed by atoms with E-state index in [1.807, 2.05) is 0 Å². The highest BCUT2D eigenvalue weighted by atomic mass is 16.3. The van der Waals surface area contributed by atoms with Crippen LogP contribution in [0.5, 0.6) is 0 Å². The lowest BCUT2D eigenvalue weighted by Crippen LogP contribution is -1.99. The van der Waals surface area contributed by atoms with Gasteiger partial charge >= 0.3 is 0 Å². The van der Waals surface area contributed by atoms with Crippen LogP contribution in [0.2, 0.25) is 0 Å². The molecule has 4 rings (SSSR count). The molecule has 0 unspecified atom stereocenters. The monoisotopic (exact) mass is 260 g/mol. The summed E-state index contributed by atoms with van der Waals surface area (Å²) in [5.41, 5.74) is 3.74. The molecule has 1 heteroatoms. The normalized spacial score (nSPS) is 13.8. The Bertz CT molecular complexity index is 843. The molecular formula is C19H16O. The van der Waals surface area contributed by atoms with Crippen molar-refractivity contribution in [1.29, 1.82) is 0 Å². The predicted octanol–water partition coefficient (Wildman–Crippen LogP) is 4.44. The number of hydrogen-bond acceptors (Lipinski definition) is 1. The molecule has 0 heterocycles. The largest absolute Gasteiger partial charge is 0.392 e. The molecule has 20 heavy (non-hydrogen) atoms. The second-order valence-corrected chi connectivity index (χ2v) is 5.41. The van der Waals surface area contributed by atoms with E-state index in [0.29, 0.717) is 0 Å². The zero-order valence-corrected chi connectivity index (χ0v) is 11.3. The average molecular weight is 260 g/mol. The highest BCUT2D eigenvalue weighted by Gasteiger charge is 2.14. The zero-order valence-electron chi connectivity index (χ0n) is 11.3. The number of benzene rings is 3. The second kappa shape index (κ2) is 4.46. The van der Waals surface area contributed by atoms with Gasteiger partial charge in [-0.05, 0) is 57.1 Å². The van der Waals surface area contributed by atoms with Crippen LogP contribution in [0.1, 0.15) is 23.1 Å². The Labute approximate surface area is 118 Å². The number of hydrogen-bond donors (Lipinski definition) is 1. The van der Waals surface area contributed by atoms with Gasteiger partial charge in [0, 0.05) is 0 Å². The third-order valence-corrected chi connectivity index (χ3v) is 4.28. The van der Waals surface area contributed by atoms with E-state index in [1.54, 1.807) is 0 Å². The number of rotatable bonds is 1. The van der Waals surface area contributed by atoms with Crippen molar-refractivity contribution in [3.63, 3.8) is 0 Å². The number of fused-ring (bicyclic) bond motifs is 5. The van der Waals surface area contributed by atoms with Crippen molar-refractivity contribution in [2.75, 3.05) is 0 Å². The molecule has 1 aliphatic rings. The smallest absolute Gasteiger partial charge is 0.0688 e. The van der Waals surface area contributed by atoms with Gasteiger partial charge in [0.25, 0.3) is 0 Å². The van der Waals surface area contributed by atoms with Gasteiger partial charge in [0.05, 0.1) is 6.61 Å². The molecule has 98 valence electrons. The van der Waals surface area contributed by atoms with E-state index in [0.717, 1.165) is 18.4 Å². The van der Waals surface area contributed by atoms with Gasteiger partial charge in [0.15, 0.2) is 0 Å². The summed E-state index contributed by atoms with van der Waals surface area (Å²) in [6.07, 6.45) is 6.58. The molecule has 0 bridgehead atoms. The Morgan fingerprint density at radius 2 is 1.90 bits per heavy atom. The fourth-order valence-corrected chi connectivity index (χ4v) is 3.37. The van der Waals surface area contributed by atoms with Gasteiger partial charge < -0.3 is 5.11 Å². The van der Waals surface area contributed by atoms with Crippen molar-refractivity contribution in [3.8, 4) is 0 Å². The van der Waals surface area contributed by atoms with Crippen LogP contribution in [0.25, 0.3) is 27.6 Å². The highest BCUT2D eigenvalue weighted by molar-refractivity contribution is 6.10. The quantitative estimate of drug-likeness (QED) is 0.641. The fraction of sp³-hybridized carbons (Fsp3) is 0.158. The van der Waals surface area contributed by atoms with Crippen molar-refractivity contribution in [3.05, 3.63) is 65.2 Å². The fourth-order valence-electron chi connectivity index (χ4n) is 3.37. The molecular weight excluding hydrogens is 244 g/mol. The maximum absolute atomic E-state index is 9.78. The summed E-state index contributed by atoms with van der Waals surface area (Å²) < 4.78 is 0. The molecule has 0 saturated carbocycles. The summed E-state index contributed by atoms with van der Waals surface area (Å²) >= 11 is 0. The number of aliphatic hydroxyl groups is 1. The minimum atomic E-state index is 0.0987. The summed E-state index contributed by atoms with van der Waals surface area (Å²) in [7, 11) is 0. The molecule has 1 nitrogen and oxygen atoms in total. The molecule has 0 fully saturated rings. The van der Waals surface area contributed by atoms with Crippen LogP contribution in [0.3, 0.4) is 0 Å². The van der Waals surface area contributed by atoms with Crippen LogP contribution >= 0.6 is 0 Å². The zero-order chi connectivity index (χ0) is 13.5. The van der Waals surface area contributed by atoms with E-state index >= 15 is 0 Å². The lowest BCUT2D eigenvalue weighted by Gasteiger charge is -2.17. The first-order valence-electron chi connectivity index (χ1n) is 7.12. The maximum atomic E-state index is 9.78. The Morgan fingerprint density at radius 3 is 2.80 bits per heavy atom. The molecule has 0 radical (unpaired) electrons. The Kier molecular flexibility index (Phi) is 2.61. The van der Waals surface area contributed by atoms with Gasteiger partial charge in [-0.1, -0.05) is 48.6 Å². The Balaban J connectivity index is 2.23. The van der Waals surface area contributed by atoms with Crippen LogP contribution in [0.15, 0.2) is 48.5 Å². The summed E-state index contributed by atoms with van der Waals surface area (Å²) in [5, 5.41) is 14.8. The van der Waals surface area contributed by atoms with Crippen molar-refractivity contribution in [2.45, 2.75) is 19.4 Å². The third-order valence-electron chi connectivity index (χ3n) is 4.28. The molecule has 3 aromatic carbocycles. The second-order valence-electron chi connectivity index (χ2n) is 5.41. The van der Waals surface area contributed by atoms with E-state index in [2.05, 4.69) is 54.6 Å². The summed E-state index contributed by atoms with van der Waals surface area (Å²) in [6.45, 7) is 0.0987. The van der Waals surface area contributed by atoms with E-state index in [-0.39, 0.29) is 6.61 Å².